The van der Waals surface area contributed by atoms with Gasteiger partial charge in [0.15, 0.2) is 0 Å². The highest BCUT2D eigenvalue weighted by Gasteiger charge is 2.48. The first kappa shape index (κ1) is 23.9. The molecule has 2 amide bonds. The topological polar surface area (TPSA) is 63.6 Å². The number of methoxy groups -OCH3 is 1. The maximum atomic E-state index is 13.9. The molecule has 1 atom stereocenters. The number of nitrogens with zero attached hydrogens (tertiary/aromatic N) is 2. The number of benzene rings is 1. The number of carbonyl (C=O) groups excluding carboxylic acids is 2. The number of thiophene rings is 1. The Hall–Kier alpha value is -2.80. The monoisotopic (exact) mass is 493 g/mol. The van der Waals surface area contributed by atoms with E-state index in [2.05, 4.69) is 29.8 Å². The molecule has 7 heteroatoms. The molecule has 2 aromatic heterocycles. The minimum absolute atomic E-state index is 0.0580. The van der Waals surface area contributed by atoms with Gasteiger partial charge in [-0.1, -0.05) is 26.0 Å². The van der Waals surface area contributed by atoms with Gasteiger partial charge in [-0.25, -0.2) is 0 Å². The molecular weight excluding hydrogens is 458 g/mol. The predicted molar refractivity (Wildman–Crippen MR) is 140 cm³/mol. The van der Waals surface area contributed by atoms with Gasteiger partial charge < -0.3 is 19.5 Å². The van der Waals surface area contributed by atoms with E-state index in [1.54, 1.807) is 23.3 Å². The van der Waals surface area contributed by atoms with Gasteiger partial charge in [0.25, 0.3) is 5.91 Å². The molecule has 0 spiro atoms. The normalized spacial score (nSPS) is 24.5. The summed E-state index contributed by atoms with van der Waals surface area (Å²) in [6.07, 6.45) is 5.22. The lowest BCUT2D eigenvalue weighted by atomic mass is 9.86. The fraction of sp³-hybridized carbons (Fsp3) is 0.500. The van der Waals surface area contributed by atoms with Crippen molar-refractivity contribution in [2.45, 2.75) is 77.5 Å². The summed E-state index contributed by atoms with van der Waals surface area (Å²) in [4.78, 5) is 30.9. The van der Waals surface area contributed by atoms with Crippen molar-refractivity contribution >= 4 is 33.4 Å². The highest BCUT2D eigenvalue weighted by atomic mass is 32.1. The number of fused-ring (bicyclic) bond motifs is 3. The van der Waals surface area contributed by atoms with E-state index in [9.17, 15) is 9.59 Å². The number of amides is 2. The van der Waals surface area contributed by atoms with Crippen LogP contribution in [0.25, 0.3) is 10.2 Å². The van der Waals surface area contributed by atoms with Crippen molar-refractivity contribution in [3.8, 4) is 5.75 Å². The van der Waals surface area contributed by atoms with Crippen LogP contribution in [0.1, 0.15) is 67.4 Å². The molecular formula is C28H35N3O3S. The van der Waals surface area contributed by atoms with Crippen LogP contribution in [-0.2, 0) is 24.3 Å². The van der Waals surface area contributed by atoms with Gasteiger partial charge in [0.1, 0.15) is 17.0 Å². The highest BCUT2D eigenvalue weighted by molar-refractivity contribution is 7.19. The average molecular weight is 494 g/mol. The van der Waals surface area contributed by atoms with Crippen molar-refractivity contribution in [3.63, 3.8) is 0 Å². The fourth-order valence-electron chi connectivity index (χ4n) is 5.47. The SMILES string of the molecule is CCc1cc2c(cc3n2CC(C)(C(=O)NC2CCC(C)CC2)N(Cc2ccc(OC)cc2)C3=O)s1. The van der Waals surface area contributed by atoms with Gasteiger partial charge in [0, 0.05) is 17.5 Å². The number of hydrogen-bond donors (Lipinski definition) is 1. The van der Waals surface area contributed by atoms with Crippen LogP contribution in [0.4, 0.5) is 0 Å². The van der Waals surface area contributed by atoms with Crippen LogP contribution in [0.15, 0.2) is 36.4 Å². The first-order valence-corrected chi connectivity index (χ1v) is 13.5. The maximum absolute atomic E-state index is 13.9. The largest absolute Gasteiger partial charge is 0.497 e. The molecule has 1 aliphatic carbocycles. The summed E-state index contributed by atoms with van der Waals surface area (Å²) in [5.74, 6) is 1.33. The molecule has 3 aromatic rings. The zero-order chi connectivity index (χ0) is 24.7. The van der Waals surface area contributed by atoms with Gasteiger partial charge in [-0.3, -0.25) is 9.59 Å². The molecule has 6 nitrogen and oxygen atoms in total. The Labute approximate surface area is 211 Å². The quantitative estimate of drug-likeness (QED) is 0.501. The third-order valence-corrected chi connectivity index (χ3v) is 9.07. The summed E-state index contributed by atoms with van der Waals surface area (Å²) in [7, 11) is 1.64. The number of aromatic nitrogens is 1. The van der Waals surface area contributed by atoms with Gasteiger partial charge in [0.2, 0.25) is 5.91 Å². The number of hydrogen-bond acceptors (Lipinski definition) is 4. The van der Waals surface area contributed by atoms with E-state index in [-0.39, 0.29) is 17.9 Å². The molecule has 5 rings (SSSR count). The number of ether oxygens (including phenoxy) is 1. The van der Waals surface area contributed by atoms with Crippen LogP contribution in [0.3, 0.4) is 0 Å². The Morgan fingerprint density at radius 1 is 1.17 bits per heavy atom. The smallest absolute Gasteiger partial charge is 0.271 e. The van der Waals surface area contributed by atoms with E-state index in [0.717, 1.165) is 53.6 Å². The van der Waals surface area contributed by atoms with E-state index < -0.39 is 5.54 Å². The van der Waals surface area contributed by atoms with Crippen molar-refractivity contribution in [1.29, 1.82) is 0 Å². The maximum Gasteiger partial charge on any atom is 0.271 e. The molecule has 0 saturated heterocycles. The Morgan fingerprint density at radius 2 is 1.89 bits per heavy atom. The molecule has 3 heterocycles. The molecule has 2 aliphatic rings. The fourth-order valence-corrected chi connectivity index (χ4v) is 6.51. The Balaban J connectivity index is 1.50. The average Bonchev–Trinajstić information content (AvgIpc) is 3.42. The molecule has 0 radical (unpaired) electrons. The molecule has 1 aromatic carbocycles. The van der Waals surface area contributed by atoms with Gasteiger partial charge in [-0.05, 0) is 74.8 Å². The summed E-state index contributed by atoms with van der Waals surface area (Å²) < 4.78 is 8.48. The zero-order valence-electron chi connectivity index (χ0n) is 21.1. The first-order chi connectivity index (χ1) is 16.8. The predicted octanol–water partition coefficient (Wildman–Crippen LogP) is 5.38. The second-order valence-corrected chi connectivity index (χ2v) is 11.5. The summed E-state index contributed by atoms with van der Waals surface area (Å²) >= 11 is 1.73. The molecule has 1 N–H and O–H groups in total. The van der Waals surface area contributed by atoms with Crippen LogP contribution in [0.2, 0.25) is 0 Å². The number of carbonyl (C=O) groups is 2. The summed E-state index contributed by atoms with van der Waals surface area (Å²) in [6.45, 7) is 7.17. The minimum atomic E-state index is -0.993. The molecule has 35 heavy (non-hydrogen) atoms. The Kier molecular flexibility index (Phi) is 6.38. The van der Waals surface area contributed by atoms with E-state index in [1.165, 1.54) is 4.88 Å². The standard InChI is InChI=1S/C28H35N3O3S/c1-5-22-14-23-25(35-22)15-24-26(32)31(16-19-8-12-21(34-4)13-9-19)28(3,17-30(23)24)27(33)29-20-10-6-18(2)7-11-20/h8-9,12-15,18,20H,5-7,10-11,16-17H2,1-4H3,(H,29,33). The number of rotatable bonds is 6. The van der Waals surface area contributed by atoms with Gasteiger partial charge in [0.05, 0.1) is 23.9 Å². The third kappa shape index (κ3) is 4.35. The minimum Gasteiger partial charge on any atom is -0.497 e. The Bertz CT molecular complexity index is 1240. The van der Waals surface area contributed by atoms with E-state index in [0.29, 0.717) is 24.7 Å². The summed E-state index contributed by atoms with van der Waals surface area (Å²) in [5, 5.41) is 3.33. The molecule has 1 saturated carbocycles. The van der Waals surface area contributed by atoms with Crippen LogP contribution >= 0.6 is 11.3 Å². The van der Waals surface area contributed by atoms with E-state index in [4.69, 9.17) is 4.74 Å². The van der Waals surface area contributed by atoms with E-state index in [1.807, 2.05) is 37.3 Å². The highest BCUT2D eigenvalue weighted by Crippen LogP contribution is 2.37. The van der Waals surface area contributed by atoms with Gasteiger partial charge >= 0.3 is 0 Å². The van der Waals surface area contributed by atoms with Crippen LogP contribution in [0.5, 0.6) is 5.75 Å². The van der Waals surface area contributed by atoms with E-state index >= 15 is 0 Å². The van der Waals surface area contributed by atoms with Crippen molar-refractivity contribution < 1.29 is 14.3 Å². The zero-order valence-corrected chi connectivity index (χ0v) is 21.9. The summed E-state index contributed by atoms with van der Waals surface area (Å²) in [5.41, 5.74) is 1.71. The lowest BCUT2D eigenvalue weighted by molar-refractivity contribution is -0.134. The van der Waals surface area contributed by atoms with Gasteiger partial charge in [-0.15, -0.1) is 11.3 Å². The van der Waals surface area contributed by atoms with Crippen molar-refractivity contribution in [3.05, 3.63) is 52.5 Å². The van der Waals surface area contributed by atoms with Crippen molar-refractivity contribution in [2.75, 3.05) is 7.11 Å². The Morgan fingerprint density at radius 3 is 2.54 bits per heavy atom. The lowest BCUT2D eigenvalue weighted by Gasteiger charge is -2.45. The van der Waals surface area contributed by atoms with Crippen LogP contribution in [-0.4, -0.2) is 40.0 Å². The second-order valence-electron chi connectivity index (χ2n) is 10.4. The first-order valence-electron chi connectivity index (χ1n) is 12.7. The molecule has 186 valence electrons. The molecule has 0 bridgehead atoms. The molecule has 1 unspecified atom stereocenters. The van der Waals surface area contributed by atoms with Crippen molar-refractivity contribution in [1.82, 2.24) is 14.8 Å². The van der Waals surface area contributed by atoms with Crippen molar-refractivity contribution in [2.24, 2.45) is 5.92 Å². The summed E-state index contributed by atoms with van der Waals surface area (Å²) in [6, 6.07) is 12.1. The lowest BCUT2D eigenvalue weighted by Crippen LogP contribution is -2.64. The number of nitrogens with one attached hydrogen (secondary N) is 1. The molecule has 1 fully saturated rings. The van der Waals surface area contributed by atoms with Gasteiger partial charge in [-0.2, -0.15) is 0 Å². The van der Waals surface area contributed by atoms with Crippen LogP contribution in [0, 0.1) is 5.92 Å². The number of aryl methyl sites for hydroxylation is 1. The molecule has 1 aliphatic heterocycles. The third-order valence-electron chi connectivity index (χ3n) is 7.86. The van der Waals surface area contributed by atoms with Crippen LogP contribution < -0.4 is 10.1 Å². The second kappa shape index (κ2) is 9.34.